The Labute approximate surface area is 161 Å². The summed E-state index contributed by atoms with van der Waals surface area (Å²) in [4.78, 5) is 0. The van der Waals surface area contributed by atoms with Crippen molar-refractivity contribution >= 4 is 0 Å². The van der Waals surface area contributed by atoms with Gasteiger partial charge in [0, 0.05) is 0 Å². The highest BCUT2D eigenvalue weighted by molar-refractivity contribution is 5.14. The second kappa shape index (κ2) is 13.2. The Morgan fingerprint density at radius 1 is 0.600 bits per heavy atom. The van der Waals surface area contributed by atoms with Gasteiger partial charge in [0.15, 0.2) is 0 Å². The molecule has 0 saturated carbocycles. The summed E-state index contributed by atoms with van der Waals surface area (Å²) in [6, 6.07) is 0. The topological polar surface area (TPSA) is 0 Å². The summed E-state index contributed by atoms with van der Waals surface area (Å²) in [5.41, 5.74) is 1.01. The van der Waals surface area contributed by atoms with Crippen LogP contribution in [0.2, 0.25) is 0 Å². The Balaban J connectivity index is 6.33. The van der Waals surface area contributed by atoms with E-state index in [2.05, 4.69) is 55.4 Å². The number of hydrogen-bond acceptors (Lipinski definition) is 0. The van der Waals surface area contributed by atoms with E-state index in [1.165, 1.54) is 83.5 Å². The summed E-state index contributed by atoms with van der Waals surface area (Å²) < 4.78 is 0. The molecule has 0 fully saturated rings. The first kappa shape index (κ1) is 25.0. The monoisotopic (exact) mass is 351 g/mol. The summed E-state index contributed by atoms with van der Waals surface area (Å²) in [6.45, 7) is 19.4. The summed E-state index contributed by atoms with van der Waals surface area (Å²) >= 11 is 0. The molecule has 0 N–H and O–H groups in total. The van der Waals surface area contributed by atoms with Gasteiger partial charge in [0.1, 0.15) is 0 Å². The maximum absolute atomic E-state index is 2.46. The standard InChI is InChI=1S/C25H51/c1-9-15-23(16-10-2)25(19-13-5,20-14-6)24(17-11-3,18-12-4)21-22(7)8/h22H,9-21H2,1-8H3. The van der Waals surface area contributed by atoms with Crippen LogP contribution in [0, 0.1) is 22.7 Å². The van der Waals surface area contributed by atoms with Gasteiger partial charge in [0.05, 0.1) is 0 Å². The molecule has 1 radical (unpaired) electrons. The van der Waals surface area contributed by atoms with E-state index in [0.717, 1.165) is 5.92 Å². The fraction of sp³-hybridized carbons (Fsp3) is 0.960. The first-order chi connectivity index (χ1) is 11.9. The molecule has 0 nitrogen and oxygen atoms in total. The maximum atomic E-state index is 2.46. The van der Waals surface area contributed by atoms with Crippen LogP contribution in [0.4, 0.5) is 0 Å². The van der Waals surface area contributed by atoms with Crippen LogP contribution in [0.1, 0.15) is 139 Å². The minimum Gasteiger partial charge on any atom is -0.0654 e. The van der Waals surface area contributed by atoms with Crippen molar-refractivity contribution in [1.29, 1.82) is 0 Å². The third kappa shape index (κ3) is 6.59. The molecule has 0 saturated heterocycles. The predicted molar refractivity (Wildman–Crippen MR) is 117 cm³/mol. The van der Waals surface area contributed by atoms with Gasteiger partial charge >= 0.3 is 0 Å². The lowest BCUT2D eigenvalue weighted by Gasteiger charge is -2.57. The molecule has 0 unspecified atom stereocenters. The zero-order valence-corrected chi connectivity index (χ0v) is 19.3. The maximum Gasteiger partial charge on any atom is -0.0174 e. The molecular formula is C25H51. The van der Waals surface area contributed by atoms with E-state index < -0.39 is 0 Å². The van der Waals surface area contributed by atoms with Gasteiger partial charge in [-0.15, -0.1) is 0 Å². The molecule has 0 heteroatoms. The van der Waals surface area contributed by atoms with Crippen LogP contribution in [0.25, 0.3) is 0 Å². The van der Waals surface area contributed by atoms with Gasteiger partial charge in [-0.2, -0.15) is 0 Å². The van der Waals surface area contributed by atoms with E-state index in [0.29, 0.717) is 10.8 Å². The SMILES string of the molecule is CCC[C](CCC)C(CCC)(CCC)C(CCC)(CCC)CC(C)C. The summed E-state index contributed by atoms with van der Waals surface area (Å²) in [5, 5.41) is 0. The van der Waals surface area contributed by atoms with E-state index in [4.69, 9.17) is 0 Å². The molecule has 25 heavy (non-hydrogen) atoms. The van der Waals surface area contributed by atoms with Crippen LogP contribution >= 0.6 is 0 Å². The number of rotatable bonds is 16. The Bertz CT molecular complexity index is 283. The molecule has 0 rings (SSSR count). The molecular weight excluding hydrogens is 300 g/mol. The van der Waals surface area contributed by atoms with Crippen LogP contribution in [0.5, 0.6) is 0 Å². The van der Waals surface area contributed by atoms with E-state index in [9.17, 15) is 0 Å². The van der Waals surface area contributed by atoms with Gasteiger partial charge < -0.3 is 0 Å². The van der Waals surface area contributed by atoms with Gasteiger partial charge in [-0.25, -0.2) is 0 Å². The second-order valence-corrected chi connectivity index (χ2v) is 9.06. The first-order valence-electron chi connectivity index (χ1n) is 11.8. The summed E-state index contributed by atoms with van der Waals surface area (Å²) in [5.74, 6) is 2.75. The molecule has 0 aliphatic carbocycles. The van der Waals surface area contributed by atoms with Crippen molar-refractivity contribution in [1.82, 2.24) is 0 Å². The van der Waals surface area contributed by atoms with Crippen molar-refractivity contribution in [3.63, 3.8) is 0 Å². The summed E-state index contributed by atoms with van der Waals surface area (Å²) in [7, 11) is 0. The Morgan fingerprint density at radius 3 is 1.28 bits per heavy atom. The highest BCUT2D eigenvalue weighted by atomic mass is 14.6. The Morgan fingerprint density at radius 2 is 1.00 bits per heavy atom. The van der Waals surface area contributed by atoms with Crippen molar-refractivity contribution in [2.24, 2.45) is 16.7 Å². The first-order valence-corrected chi connectivity index (χ1v) is 11.8. The Hall–Kier alpha value is 0. The molecule has 0 heterocycles. The van der Waals surface area contributed by atoms with Crippen molar-refractivity contribution in [3.05, 3.63) is 5.92 Å². The van der Waals surface area contributed by atoms with Crippen LogP contribution in [0.3, 0.4) is 0 Å². The largest absolute Gasteiger partial charge is 0.0654 e. The average molecular weight is 352 g/mol. The minimum atomic E-state index is 0.485. The van der Waals surface area contributed by atoms with Crippen molar-refractivity contribution in [2.75, 3.05) is 0 Å². The lowest BCUT2D eigenvalue weighted by atomic mass is 9.47. The molecule has 0 amide bonds. The quantitative estimate of drug-likeness (QED) is 0.260. The molecule has 0 aromatic rings. The predicted octanol–water partition coefficient (Wildman–Crippen LogP) is 9.38. The zero-order valence-electron chi connectivity index (χ0n) is 19.3. The second-order valence-electron chi connectivity index (χ2n) is 9.06. The Kier molecular flexibility index (Phi) is 13.2. The molecule has 0 aromatic carbocycles. The molecule has 0 spiro atoms. The van der Waals surface area contributed by atoms with Gasteiger partial charge in [-0.1, -0.05) is 93.9 Å². The van der Waals surface area contributed by atoms with Gasteiger partial charge in [-0.3, -0.25) is 0 Å². The molecule has 151 valence electrons. The summed E-state index contributed by atoms with van der Waals surface area (Å²) in [6.07, 6.45) is 17.8. The van der Waals surface area contributed by atoms with Crippen LogP contribution in [-0.2, 0) is 0 Å². The van der Waals surface area contributed by atoms with Crippen LogP contribution in [-0.4, -0.2) is 0 Å². The smallest absolute Gasteiger partial charge is 0.0174 e. The normalized spacial score (nSPS) is 13.2. The molecule has 0 aromatic heterocycles. The van der Waals surface area contributed by atoms with Gasteiger partial charge in [-0.05, 0) is 67.6 Å². The third-order valence-corrected chi connectivity index (χ3v) is 6.41. The molecule has 0 aliphatic rings. The van der Waals surface area contributed by atoms with E-state index in [1.54, 1.807) is 0 Å². The van der Waals surface area contributed by atoms with Crippen molar-refractivity contribution in [3.8, 4) is 0 Å². The average Bonchev–Trinajstić information content (AvgIpc) is 2.54. The fourth-order valence-corrected chi connectivity index (χ4v) is 6.19. The lowest BCUT2D eigenvalue weighted by Crippen LogP contribution is -2.47. The van der Waals surface area contributed by atoms with E-state index in [1.807, 2.05) is 5.92 Å². The third-order valence-electron chi connectivity index (χ3n) is 6.41. The lowest BCUT2D eigenvalue weighted by molar-refractivity contribution is -0.0189. The van der Waals surface area contributed by atoms with Crippen LogP contribution in [0.15, 0.2) is 0 Å². The highest BCUT2D eigenvalue weighted by Gasteiger charge is 2.52. The minimum absolute atomic E-state index is 0.485. The highest BCUT2D eigenvalue weighted by Crippen LogP contribution is 2.62. The van der Waals surface area contributed by atoms with E-state index in [-0.39, 0.29) is 0 Å². The molecule has 0 atom stereocenters. The fourth-order valence-electron chi connectivity index (χ4n) is 6.19. The van der Waals surface area contributed by atoms with Gasteiger partial charge in [0.2, 0.25) is 0 Å². The van der Waals surface area contributed by atoms with Crippen molar-refractivity contribution in [2.45, 2.75) is 139 Å². The molecule has 0 bridgehead atoms. The molecule has 0 aliphatic heterocycles. The van der Waals surface area contributed by atoms with E-state index >= 15 is 0 Å². The van der Waals surface area contributed by atoms with Gasteiger partial charge in [0.25, 0.3) is 0 Å². The zero-order chi connectivity index (χ0) is 19.3. The van der Waals surface area contributed by atoms with Crippen molar-refractivity contribution < 1.29 is 0 Å². The number of hydrogen-bond donors (Lipinski definition) is 0. The van der Waals surface area contributed by atoms with Crippen LogP contribution < -0.4 is 0 Å².